The van der Waals surface area contributed by atoms with Crippen LogP contribution in [0.15, 0.2) is 51.8 Å². The van der Waals surface area contributed by atoms with E-state index in [9.17, 15) is 13.2 Å². The van der Waals surface area contributed by atoms with Crippen LogP contribution in [0.1, 0.15) is 24.0 Å². The maximum absolute atomic E-state index is 13.2. The summed E-state index contributed by atoms with van der Waals surface area (Å²) in [4.78, 5) is 15.3. The zero-order valence-corrected chi connectivity index (χ0v) is 18.2. The lowest BCUT2D eigenvalue weighted by Crippen LogP contribution is -2.46. The van der Waals surface area contributed by atoms with Crippen LogP contribution in [0.5, 0.6) is 0 Å². The maximum Gasteiger partial charge on any atom is 0.243 e. The highest BCUT2D eigenvalue weighted by Gasteiger charge is 2.36. The predicted molar refractivity (Wildman–Crippen MR) is 113 cm³/mol. The highest BCUT2D eigenvalue weighted by Crippen LogP contribution is 2.33. The Kier molecular flexibility index (Phi) is 5.33. The lowest BCUT2D eigenvalue weighted by atomic mass is 9.98. The van der Waals surface area contributed by atoms with Crippen LogP contribution in [-0.2, 0) is 21.2 Å². The van der Waals surface area contributed by atoms with Crippen LogP contribution in [0.4, 0.5) is 5.69 Å². The number of hydrogen-bond acceptors (Lipinski definition) is 3. The van der Waals surface area contributed by atoms with E-state index >= 15 is 0 Å². The van der Waals surface area contributed by atoms with Crippen molar-refractivity contribution in [1.29, 1.82) is 0 Å². The van der Waals surface area contributed by atoms with Gasteiger partial charge in [-0.2, -0.15) is 4.31 Å². The number of carbonyl (C=O) groups excluding carboxylic acids is 1. The minimum atomic E-state index is -3.58. The third kappa shape index (κ3) is 3.63. The van der Waals surface area contributed by atoms with Gasteiger partial charge in [-0.05, 0) is 62.1 Å². The van der Waals surface area contributed by atoms with Crippen molar-refractivity contribution in [2.75, 3.05) is 24.5 Å². The summed E-state index contributed by atoms with van der Waals surface area (Å²) >= 11 is 3.48. The van der Waals surface area contributed by atoms with E-state index in [4.69, 9.17) is 0 Å². The van der Waals surface area contributed by atoms with Crippen molar-refractivity contribution in [1.82, 2.24) is 4.31 Å². The molecule has 4 rings (SSSR count). The minimum Gasteiger partial charge on any atom is -0.312 e. The normalized spacial score (nSPS) is 20.2. The molecule has 0 unspecified atom stereocenters. The van der Waals surface area contributed by atoms with E-state index in [2.05, 4.69) is 22.0 Å². The molecule has 1 atom stereocenters. The van der Waals surface area contributed by atoms with Gasteiger partial charge >= 0.3 is 0 Å². The lowest BCUT2D eigenvalue weighted by molar-refractivity contribution is -0.123. The number of aryl methyl sites for hydroxylation is 1. The van der Waals surface area contributed by atoms with Gasteiger partial charge in [0.2, 0.25) is 15.9 Å². The molecule has 2 aliphatic rings. The first kappa shape index (κ1) is 19.6. The van der Waals surface area contributed by atoms with E-state index in [-0.39, 0.29) is 18.4 Å². The van der Waals surface area contributed by atoms with E-state index in [1.165, 1.54) is 4.31 Å². The van der Waals surface area contributed by atoms with Gasteiger partial charge in [0.05, 0.1) is 10.8 Å². The molecule has 2 aromatic carbocycles. The van der Waals surface area contributed by atoms with Crippen molar-refractivity contribution in [2.24, 2.45) is 5.92 Å². The first-order chi connectivity index (χ1) is 13.4. The average Bonchev–Trinajstić information content (AvgIpc) is 3.10. The van der Waals surface area contributed by atoms with Gasteiger partial charge in [0.25, 0.3) is 0 Å². The van der Waals surface area contributed by atoms with Gasteiger partial charge < -0.3 is 4.90 Å². The van der Waals surface area contributed by atoms with Crippen molar-refractivity contribution in [3.8, 4) is 0 Å². The minimum absolute atomic E-state index is 0.0323. The number of nitrogens with zero attached hydrogens (tertiary/aromatic N) is 2. The van der Waals surface area contributed by atoms with Gasteiger partial charge in [-0.1, -0.05) is 33.6 Å². The Bertz CT molecular complexity index is 1000. The topological polar surface area (TPSA) is 57.7 Å². The molecule has 0 radical (unpaired) electrons. The standard InChI is InChI=1S/C21H23BrN2O3S/c1-15-4-7-19(8-5-15)28(26,27)23-11-2-3-17(14-23)21(25)24-12-10-16-13-18(22)6-9-20(16)24/h4-9,13,17H,2-3,10-12,14H2,1H3/t17-/m0/s1. The number of halogens is 1. The number of anilines is 1. The molecule has 5 nitrogen and oxygen atoms in total. The first-order valence-corrected chi connectivity index (χ1v) is 11.8. The summed E-state index contributed by atoms with van der Waals surface area (Å²) in [5.41, 5.74) is 3.12. The van der Waals surface area contributed by atoms with Gasteiger partial charge in [0, 0.05) is 29.8 Å². The number of amides is 1. The zero-order valence-electron chi connectivity index (χ0n) is 15.8. The average molecular weight is 463 g/mol. The quantitative estimate of drug-likeness (QED) is 0.697. The van der Waals surface area contributed by atoms with Crippen LogP contribution in [0.25, 0.3) is 0 Å². The molecule has 1 amide bonds. The number of sulfonamides is 1. The van der Waals surface area contributed by atoms with Crippen LogP contribution >= 0.6 is 15.9 Å². The number of carbonyl (C=O) groups is 1. The number of rotatable bonds is 3. The predicted octanol–water partition coefficient (Wildman–Crippen LogP) is 3.75. The summed E-state index contributed by atoms with van der Waals surface area (Å²) in [6, 6.07) is 12.9. The summed E-state index contributed by atoms with van der Waals surface area (Å²) in [7, 11) is -3.58. The van der Waals surface area contributed by atoms with E-state index in [0.717, 1.165) is 34.1 Å². The molecule has 2 heterocycles. The monoisotopic (exact) mass is 462 g/mol. The number of piperidine rings is 1. The SMILES string of the molecule is Cc1ccc(S(=O)(=O)N2CCC[C@H](C(=O)N3CCc4cc(Br)ccc43)C2)cc1. The van der Waals surface area contributed by atoms with Crippen molar-refractivity contribution in [3.05, 3.63) is 58.1 Å². The third-order valence-electron chi connectivity index (χ3n) is 5.60. The second kappa shape index (κ2) is 7.61. The molecular formula is C21H23BrN2O3S. The first-order valence-electron chi connectivity index (χ1n) is 9.53. The Morgan fingerprint density at radius 3 is 2.61 bits per heavy atom. The van der Waals surface area contributed by atoms with Crippen LogP contribution in [0.2, 0.25) is 0 Å². The number of fused-ring (bicyclic) bond motifs is 1. The largest absolute Gasteiger partial charge is 0.312 e. The molecule has 1 saturated heterocycles. The highest BCUT2D eigenvalue weighted by molar-refractivity contribution is 9.10. The molecule has 2 aromatic rings. The van der Waals surface area contributed by atoms with Gasteiger partial charge in [-0.25, -0.2) is 8.42 Å². The fourth-order valence-corrected chi connectivity index (χ4v) is 5.97. The highest BCUT2D eigenvalue weighted by atomic mass is 79.9. The van der Waals surface area contributed by atoms with Gasteiger partial charge in [0.15, 0.2) is 0 Å². The molecule has 0 N–H and O–H groups in total. The molecule has 1 fully saturated rings. The Hall–Kier alpha value is -1.70. The molecule has 0 aromatic heterocycles. The van der Waals surface area contributed by atoms with Crippen molar-refractivity contribution in [2.45, 2.75) is 31.1 Å². The van der Waals surface area contributed by atoms with Crippen LogP contribution in [-0.4, -0.2) is 38.3 Å². The van der Waals surface area contributed by atoms with E-state index in [1.807, 2.05) is 24.0 Å². The van der Waals surface area contributed by atoms with Crippen molar-refractivity contribution < 1.29 is 13.2 Å². The second-order valence-electron chi connectivity index (χ2n) is 7.53. The summed E-state index contributed by atoms with van der Waals surface area (Å²) in [5, 5.41) is 0. The van der Waals surface area contributed by atoms with Gasteiger partial charge in [-0.3, -0.25) is 4.79 Å². The Balaban J connectivity index is 1.53. The lowest BCUT2D eigenvalue weighted by Gasteiger charge is -2.33. The smallest absolute Gasteiger partial charge is 0.243 e. The van der Waals surface area contributed by atoms with Crippen LogP contribution in [0, 0.1) is 12.8 Å². The molecule has 148 valence electrons. The van der Waals surface area contributed by atoms with Crippen LogP contribution in [0.3, 0.4) is 0 Å². The van der Waals surface area contributed by atoms with Crippen LogP contribution < -0.4 is 4.90 Å². The van der Waals surface area contributed by atoms with E-state index < -0.39 is 10.0 Å². The van der Waals surface area contributed by atoms with Gasteiger partial charge in [0.1, 0.15) is 0 Å². The molecule has 0 spiro atoms. The maximum atomic E-state index is 13.2. The summed E-state index contributed by atoms with van der Waals surface area (Å²) in [6.45, 7) is 3.30. The zero-order chi connectivity index (χ0) is 19.9. The van der Waals surface area contributed by atoms with E-state index in [1.54, 1.807) is 24.3 Å². The Labute approximate surface area is 174 Å². The van der Waals surface area contributed by atoms with E-state index in [0.29, 0.717) is 24.4 Å². The molecule has 0 bridgehead atoms. The molecular weight excluding hydrogens is 440 g/mol. The molecule has 28 heavy (non-hydrogen) atoms. The van der Waals surface area contributed by atoms with Crippen molar-refractivity contribution in [3.63, 3.8) is 0 Å². The van der Waals surface area contributed by atoms with Crippen molar-refractivity contribution >= 4 is 37.5 Å². The number of hydrogen-bond donors (Lipinski definition) is 0. The fraction of sp³-hybridized carbons (Fsp3) is 0.381. The summed E-state index contributed by atoms with van der Waals surface area (Å²) < 4.78 is 28.5. The summed E-state index contributed by atoms with van der Waals surface area (Å²) in [5.74, 6) is -0.270. The molecule has 2 aliphatic heterocycles. The Morgan fingerprint density at radius 1 is 1.11 bits per heavy atom. The third-order valence-corrected chi connectivity index (χ3v) is 7.97. The summed E-state index contributed by atoms with van der Waals surface area (Å²) in [6.07, 6.45) is 2.25. The molecule has 0 aliphatic carbocycles. The Morgan fingerprint density at radius 2 is 1.86 bits per heavy atom. The molecule has 0 saturated carbocycles. The fourth-order valence-electron chi connectivity index (χ4n) is 4.04. The number of benzene rings is 2. The van der Waals surface area contributed by atoms with Gasteiger partial charge in [-0.15, -0.1) is 0 Å². The second-order valence-corrected chi connectivity index (χ2v) is 10.4. The molecule has 7 heteroatoms.